The first-order chi connectivity index (χ1) is 14.2. The Kier molecular flexibility index (Phi) is 5.94. The summed E-state index contributed by atoms with van der Waals surface area (Å²) in [5, 5.41) is 3.88. The van der Waals surface area contributed by atoms with Crippen LogP contribution in [0.15, 0.2) is 54.6 Å². The number of nitrogens with one attached hydrogen (secondary N) is 1. The van der Waals surface area contributed by atoms with E-state index in [9.17, 15) is 4.79 Å². The fraction of sp³-hybridized carbons (Fsp3) is 0.333. The van der Waals surface area contributed by atoms with Crippen LogP contribution in [0.3, 0.4) is 0 Å². The molecular formula is C24H27N3O2. The molecule has 1 aliphatic heterocycles. The molecule has 3 aromatic rings. The van der Waals surface area contributed by atoms with Gasteiger partial charge in [-0.2, -0.15) is 0 Å². The number of amides is 1. The first-order valence-electron chi connectivity index (χ1n) is 10.3. The Morgan fingerprint density at radius 2 is 1.76 bits per heavy atom. The lowest BCUT2D eigenvalue weighted by atomic mass is 10.2. The summed E-state index contributed by atoms with van der Waals surface area (Å²) >= 11 is 0. The van der Waals surface area contributed by atoms with E-state index in [1.165, 1.54) is 25.7 Å². The average Bonchev–Trinajstić information content (AvgIpc) is 3.03. The van der Waals surface area contributed by atoms with E-state index in [0.29, 0.717) is 5.75 Å². The van der Waals surface area contributed by atoms with Crippen LogP contribution in [-0.2, 0) is 4.79 Å². The Balaban J connectivity index is 1.48. The summed E-state index contributed by atoms with van der Waals surface area (Å²) in [5.41, 5.74) is 2.72. The number of para-hydroxylation sites is 1. The molecule has 0 bridgehead atoms. The molecule has 2 aromatic carbocycles. The van der Waals surface area contributed by atoms with Gasteiger partial charge in [0.05, 0.1) is 0 Å². The topological polar surface area (TPSA) is 54.5 Å². The number of aromatic nitrogens is 1. The molecule has 0 aliphatic carbocycles. The fourth-order valence-electron chi connectivity index (χ4n) is 3.68. The van der Waals surface area contributed by atoms with Crippen molar-refractivity contribution in [3.63, 3.8) is 0 Å². The highest BCUT2D eigenvalue weighted by atomic mass is 16.5. The number of hydrogen-bond donors (Lipinski definition) is 1. The van der Waals surface area contributed by atoms with Gasteiger partial charge in [0.25, 0.3) is 5.91 Å². The second kappa shape index (κ2) is 8.95. The van der Waals surface area contributed by atoms with E-state index in [0.717, 1.165) is 41.1 Å². The Labute approximate surface area is 171 Å². The average molecular weight is 389 g/mol. The van der Waals surface area contributed by atoms with Gasteiger partial charge in [-0.1, -0.05) is 42.7 Å². The zero-order chi connectivity index (χ0) is 20.1. The third-order valence-corrected chi connectivity index (χ3v) is 5.29. The van der Waals surface area contributed by atoms with Crippen LogP contribution in [0.5, 0.6) is 5.75 Å². The second-order valence-electron chi connectivity index (χ2n) is 7.60. The van der Waals surface area contributed by atoms with Crippen LogP contribution in [0.4, 0.5) is 11.5 Å². The minimum Gasteiger partial charge on any atom is -0.481 e. The summed E-state index contributed by atoms with van der Waals surface area (Å²) < 4.78 is 5.85. The van der Waals surface area contributed by atoms with Crippen LogP contribution in [0, 0.1) is 6.92 Å². The summed E-state index contributed by atoms with van der Waals surface area (Å²) in [4.78, 5) is 19.5. The Morgan fingerprint density at radius 1 is 1.00 bits per heavy atom. The molecule has 1 amide bonds. The molecule has 29 heavy (non-hydrogen) atoms. The lowest BCUT2D eigenvalue weighted by Gasteiger charge is -2.22. The van der Waals surface area contributed by atoms with Gasteiger partial charge in [-0.15, -0.1) is 0 Å². The summed E-state index contributed by atoms with van der Waals surface area (Å²) in [6.07, 6.45) is 4.98. The number of hydrogen-bond acceptors (Lipinski definition) is 4. The Hall–Kier alpha value is -3.08. The summed E-state index contributed by atoms with van der Waals surface area (Å²) in [6.45, 7) is 4.05. The number of fused-ring (bicyclic) bond motifs is 1. The molecule has 5 nitrogen and oxygen atoms in total. The van der Waals surface area contributed by atoms with Crippen LogP contribution in [-0.4, -0.2) is 30.6 Å². The van der Waals surface area contributed by atoms with Crippen LogP contribution >= 0.6 is 0 Å². The molecule has 0 atom stereocenters. The highest BCUT2D eigenvalue weighted by Gasteiger charge is 2.13. The molecule has 0 radical (unpaired) electrons. The smallest absolute Gasteiger partial charge is 0.262 e. The molecule has 2 heterocycles. The number of rotatable bonds is 5. The Morgan fingerprint density at radius 3 is 2.52 bits per heavy atom. The van der Waals surface area contributed by atoms with Crippen molar-refractivity contribution < 1.29 is 9.53 Å². The van der Waals surface area contributed by atoms with Crippen molar-refractivity contribution >= 4 is 28.3 Å². The molecule has 1 aromatic heterocycles. The molecule has 4 rings (SSSR count). The number of nitrogens with zero attached hydrogens (tertiary/aromatic N) is 2. The maximum atomic E-state index is 12.3. The zero-order valence-corrected chi connectivity index (χ0v) is 16.9. The lowest BCUT2D eigenvalue weighted by Crippen LogP contribution is -2.24. The van der Waals surface area contributed by atoms with Crippen LogP contribution in [0.2, 0.25) is 0 Å². The number of carbonyl (C=O) groups is 1. The molecule has 0 spiro atoms. The van der Waals surface area contributed by atoms with Gasteiger partial charge in [-0.05, 0) is 50.1 Å². The third kappa shape index (κ3) is 4.86. The largest absolute Gasteiger partial charge is 0.481 e. The number of benzene rings is 2. The standard InChI is InChI=1S/C24H27N3O2/c1-18-9-12-20(13-10-18)25-23(28)17-29-21-8-6-7-19-11-14-22(26-24(19)21)27-15-4-2-3-5-16-27/h6-14H,2-5,15-17H2,1H3,(H,25,28). The number of aryl methyl sites for hydroxylation is 1. The van der Waals surface area contributed by atoms with E-state index in [1.807, 2.05) is 49.4 Å². The van der Waals surface area contributed by atoms with E-state index in [4.69, 9.17) is 9.72 Å². The monoisotopic (exact) mass is 389 g/mol. The normalized spacial score (nSPS) is 14.4. The van der Waals surface area contributed by atoms with Gasteiger partial charge < -0.3 is 15.0 Å². The Bertz CT molecular complexity index is 977. The van der Waals surface area contributed by atoms with Gasteiger partial charge in [0, 0.05) is 24.2 Å². The van der Waals surface area contributed by atoms with Crippen molar-refractivity contribution in [2.75, 3.05) is 29.9 Å². The number of pyridine rings is 1. The first kappa shape index (κ1) is 19.2. The van der Waals surface area contributed by atoms with E-state index >= 15 is 0 Å². The minimum absolute atomic E-state index is 0.0530. The maximum Gasteiger partial charge on any atom is 0.262 e. The van der Waals surface area contributed by atoms with Crippen LogP contribution in [0.25, 0.3) is 10.9 Å². The van der Waals surface area contributed by atoms with Crippen LogP contribution < -0.4 is 15.0 Å². The first-order valence-corrected chi connectivity index (χ1v) is 10.3. The molecular weight excluding hydrogens is 362 g/mol. The molecule has 5 heteroatoms. The van der Waals surface area contributed by atoms with Gasteiger partial charge in [0.1, 0.15) is 17.1 Å². The predicted octanol–water partition coefficient (Wildman–Crippen LogP) is 4.94. The fourth-order valence-corrected chi connectivity index (χ4v) is 3.68. The van der Waals surface area contributed by atoms with Gasteiger partial charge >= 0.3 is 0 Å². The predicted molar refractivity (Wildman–Crippen MR) is 118 cm³/mol. The maximum absolute atomic E-state index is 12.3. The van der Waals surface area contributed by atoms with Gasteiger partial charge in [0.2, 0.25) is 0 Å². The van der Waals surface area contributed by atoms with Crippen molar-refractivity contribution in [1.82, 2.24) is 4.98 Å². The highest BCUT2D eigenvalue weighted by Crippen LogP contribution is 2.27. The van der Waals surface area contributed by atoms with Gasteiger partial charge in [0.15, 0.2) is 6.61 Å². The van der Waals surface area contributed by atoms with Gasteiger partial charge in [-0.3, -0.25) is 4.79 Å². The summed E-state index contributed by atoms with van der Waals surface area (Å²) in [7, 11) is 0. The third-order valence-electron chi connectivity index (χ3n) is 5.29. The molecule has 1 fully saturated rings. The zero-order valence-electron chi connectivity index (χ0n) is 16.9. The van der Waals surface area contributed by atoms with Crippen molar-refractivity contribution in [1.29, 1.82) is 0 Å². The van der Waals surface area contributed by atoms with E-state index < -0.39 is 0 Å². The van der Waals surface area contributed by atoms with Crippen molar-refractivity contribution in [2.45, 2.75) is 32.6 Å². The van der Waals surface area contributed by atoms with Crippen molar-refractivity contribution in [2.24, 2.45) is 0 Å². The SMILES string of the molecule is Cc1ccc(NC(=O)COc2cccc3ccc(N4CCCCCC4)nc23)cc1. The molecule has 1 N–H and O–H groups in total. The molecule has 150 valence electrons. The quantitative estimate of drug-likeness (QED) is 0.671. The lowest BCUT2D eigenvalue weighted by molar-refractivity contribution is -0.118. The summed E-state index contributed by atoms with van der Waals surface area (Å²) in [6, 6.07) is 17.7. The number of anilines is 2. The molecule has 1 saturated heterocycles. The summed E-state index contributed by atoms with van der Waals surface area (Å²) in [5.74, 6) is 1.44. The second-order valence-corrected chi connectivity index (χ2v) is 7.60. The molecule has 1 aliphatic rings. The highest BCUT2D eigenvalue weighted by molar-refractivity contribution is 5.92. The van der Waals surface area contributed by atoms with E-state index in [-0.39, 0.29) is 12.5 Å². The van der Waals surface area contributed by atoms with Crippen LogP contribution in [0.1, 0.15) is 31.2 Å². The number of ether oxygens (including phenoxy) is 1. The number of carbonyl (C=O) groups excluding carboxylic acids is 1. The molecule has 0 unspecified atom stereocenters. The van der Waals surface area contributed by atoms with E-state index in [2.05, 4.69) is 22.3 Å². The van der Waals surface area contributed by atoms with Crippen molar-refractivity contribution in [3.8, 4) is 5.75 Å². The van der Waals surface area contributed by atoms with Crippen molar-refractivity contribution in [3.05, 3.63) is 60.2 Å². The van der Waals surface area contributed by atoms with E-state index in [1.54, 1.807) is 0 Å². The minimum atomic E-state index is -0.186. The van der Waals surface area contributed by atoms with Gasteiger partial charge in [-0.25, -0.2) is 4.98 Å². The molecule has 0 saturated carbocycles.